The summed E-state index contributed by atoms with van der Waals surface area (Å²) in [4.78, 5) is 11.9. The maximum absolute atomic E-state index is 11.9. The number of hydrogen-bond acceptors (Lipinski definition) is 9. The highest BCUT2D eigenvalue weighted by atomic mass is 16.8. The molecule has 2 saturated heterocycles. The van der Waals surface area contributed by atoms with Gasteiger partial charge in [-0.25, -0.2) is 0 Å². The zero-order valence-corrected chi connectivity index (χ0v) is 20.5. The van der Waals surface area contributed by atoms with Gasteiger partial charge >= 0.3 is 0 Å². The molecule has 3 aliphatic rings. The Hall–Kier alpha value is -1.69. The molecule has 0 saturated carbocycles. The molecule has 9 unspecified atom stereocenters. The van der Waals surface area contributed by atoms with Gasteiger partial charge in [-0.1, -0.05) is 30.3 Å². The third kappa shape index (κ3) is 4.84. The van der Waals surface area contributed by atoms with E-state index >= 15 is 0 Å². The Labute approximate surface area is 200 Å². The lowest BCUT2D eigenvalue weighted by Gasteiger charge is -2.57. The number of rotatable bonds is 7. The summed E-state index contributed by atoms with van der Waals surface area (Å²) in [5.41, 5.74) is 0.988. The number of benzene rings is 1. The standard InChI is InChI=1S/C25H34O9/c1-15-18(26)12-13-19(30-15)32-22-21-20(33-24(3,27-5)25(4,28-6)34-21)16(2)31-23(22)29-14-17-10-8-7-9-11-17/h7-13,15-16,19-23H,14H2,1-6H3. The van der Waals surface area contributed by atoms with Gasteiger partial charge in [0.25, 0.3) is 0 Å². The van der Waals surface area contributed by atoms with Crippen LogP contribution in [0.1, 0.15) is 33.3 Å². The molecule has 3 heterocycles. The SMILES string of the molecule is COC1(C)OC2C(C)OC(OCc3ccccc3)C(OC3C=CC(=O)C(C)O3)C2OC1(C)OC. The molecule has 34 heavy (non-hydrogen) atoms. The average Bonchev–Trinajstić information content (AvgIpc) is 2.84. The van der Waals surface area contributed by atoms with E-state index in [4.69, 9.17) is 37.9 Å². The summed E-state index contributed by atoms with van der Waals surface area (Å²) in [6.07, 6.45) is -1.50. The first-order chi connectivity index (χ1) is 16.2. The van der Waals surface area contributed by atoms with E-state index in [2.05, 4.69) is 0 Å². The minimum Gasteiger partial charge on any atom is -0.349 e. The molecule has 188 valence electrons. The lowest BCUT2D eigenvalue weighted by Crippen LogP contribution is -2.72. The lowest BCUT2D eigenvalue weighted by molar-refractivity contribution is -0.482. The van der Waals surface area contributed by atoms with Gasteiger partial charge in [0.2, 0.25) is 11.6 Å². The predicted molar refractivity (Wildman–Crippen MR) is 119 cm³/mol. The number of fused-ring (bicyclic) bond motifs is 1. The summed E-state index contributed by atoms with van der Waals surface area (Å²) in [6.45, 7) is 7.39. The number of ketones is 1. The first kappa shape index (κ1) is 25.4. The molecule has 4 rings (SSSR count). The number of methoxy groups -OCH3 is 2. The highest BCUT2D eigenvalue weighted by Crippen LogP contribution is 2.44. The van der Waals surface area contributed by atoms with Crippen LogP contribution < -0.4 is 0 Å². The molecular weight excluding hydrogens is 444 g/mol. The minimum absolute atomic E-state index is 0.122. The Morgan fingerprint density at radius 1 is 0.941 bits per heavy atom. The van der Waals surface area contributed by atoms with E-state index < -0.39 is 54.7 Å². The highest BCUT2D eigenvalue weighted by Gasteiger charge is 2.62. The third-order valence-corrected chi connectivity index (χ3v) is 6.76. The van der Waals surface area contributed by atoms with Crippen molar-refractivity contribution in [2.24, 2.45) is 0 Å². The van der Waals surface area contributed by atoms with E-state index in [1.807, 2.05) is 37.3 Å². The fourth-order valence-corrected chi connectivity index (χ4v) is 4.36. The Balaban J connectivity index is 1.61. The monoisotopic (exact) mass is 478 g/mol. The van der Waals surface area contributed by atoms with Gasteiger partial charge in [0.1, 0.15) is 24.4 Å². The zero-order valence-electron chi connectivity index (χ0n) is 20.5. The fourth-order valence-electron chi connectivity index (χ4n) is 4.36. The van der Waals surface area contributed by atoms with Crippen molar-refractivity contribution in [1.82, 2.24) is 0 Å². The maximum atomic E-state index is 11.9. The molecule has 0 radical (unpaired) electrons. The Morgan fingerprint density at radius 2 is 1.59 bits per heavy atom. The van der Waals surface area contributed by atoms with Crippen molar-refractivity contribution >= 4 is 5.78 Å². The molecule has 9 atom stereocenters. The Morgan fingerprint density at radius 3 is 2.21 bits per heavy atom. The van der Waals surface area contributed by atoms with Crippen molar-refractivity contribution in [3.8, 4) is 0 Å². The summed E-state index contributed by atoms with van der Waals surface area (Å²) in [7, 11) is 3.07. The molecule has 3 aliphatic heterocycles. The van der Waals surface area contributed by atoms with Crippen LogP contribution in [-0.4, -0.2) is 74.7 Å². The zero-order chi connectivity index (χ0) is 24.5. The maximum Gasteiger partial charge on any atom is 0.220 e. The molecule has 1 aromatic carbocycles. The van der Waals surface area contributed by atoms with Crippen LogP contribution >= 0.6 is 0 Å². The lowest BCUT2D eigenvalue weighted by atomic mass is 9.94. The second kappa shape index (κ2) is 10.1. The van der Waals surface area contributed by atoms with Gasteiger partial charge in [-0.2, -0.15) is 0 Å². The van der Waals surface area contributed by atoms with E-state index in [1.165, 1.54) is 20.3 Å². The van der Waals surface area contributed by atoms with Crippen LogP contribution in [0.3, 0.4) is 0 Å². The average molecular weight is 479 g/mol. The predicted octanol–water partition coefficient (Wildman–Crippen LogP) is 2.71. The molecule has 0 N–H and O–H groups in total. The van der Waals surface area contributed by atoms with Crippen LogP contribution in [0.25, 0.3) is 0 Å². The smallest absolute Gasteiger partial charge is 0.220 e. The molecule has 0 aromatic heterocycles. The molecule has 0 amide bonds. The van der Waals surface area contributed by atoms with Crippen LogP contribution in [0.5, 0.6) is 0 Å². The number of ether oxygens (including phenoxy) is 8. The molecule has 2 fully saturated rings. The molecule has 9 heteroatoms. The molecular formula is C25H34O9. The molecule has 0 spiro atoms. The molecule has 0 bridgehead atoms. The fraction of sp³-hybridized carbons (Fsp3) is 0.640. The van der Waals surface area contributed by atoms with E-state index in [1.54, 1.807) is 26.8 Å². The molecule has 9 nitrogen and oxygen atoms in total. The van der Waals surface area contributed by atoms with Crippen LogP contribution in [-0.2, 0) is 49.3 Å². The first-order valence-electron chi connectivity index (χ1n) is 11.5. The van der Waals surface area contributed by atoms with E-state index in [9.17, 15) is 4.79 Å². The quantitative estimate of drug-likeness (QED) is 0.587. The van der Waals surface area contributed by atoms with Gasteiger partial charge in [0, 0.05) is 14.2 Å². The van der Waals surface area contributed by atoms with Crippen LogP contribution in [0, 0.1) is 0 Å². The van der Waals surface area contributed by atoms with Crippen LogP contribution in [0.15, 0.2) is 42.5 Å². The number of hydrogen-bond donors (Lipinski definition) is 0. The van der Waals surface area contributed by atoms with Crippen molar-refractivity contribution in [2.75, 3.05) is 14.2 Å². The van der Waals surface area contributed by atoms with Gasteiger partial charge in [-0.3, -0.25) is 4.79 Å². The molecule has 0 aliphatic carbocycles. The third-order valence-electron chi connectivity index (χ3n) is 6.76. The van der Waals surface area contributed by atoms with Crippen LogP contribution in [0.4, 0.5) is 0 Å². The Kier molecular flexibility index (Phi) is 7.56. The highest BCUT2D eigenvalue weighted by molar-refractivity contribution is 5.93. The number of carbonyl (C=O) groups excluding carboxylic acids is 1. The van der Waals surface area contributed by atoms with Crippen molar-refractivity contribution in [1.29, 1.82) is 0 Å². The largest absolute Gasteiger partial charge is 0.349 e. The van der Waals surface area contributed by atoms with Crippen molar-refractivity contribution in [2.45, 2.75) is 89.0 Å². The van der Waals surface area contributed by atoms with Crippen molar-refractivity contribution in [3.63, 3.8) is 0 Å². The summed E-state index contributed by atoms with van der Waals surface area (Å²) < 4.78 is 48.6. The summed E-state index contributed by atoms with van der Waals surface area (Å²) in [5, 5.41) is 0. The van der Waals surface area contributed by atoms with Gasteiger partial charge in [0.15, 0.2) is 18.4 Å². The van der Waals surface area contributed by atoms with Gasteiger partial charge in [0.05, 0.1) is 12.7 Å². The summed E-state index contributed by atoms with van der Waals surface area (Å²) >= 11 is 0. The minimum atomic E-state index is -1.24. The summed E-state index contributed by atoms with van der Waals surface area (Å²) in [6, 6.07) is 9.77. The number of carbonyl (C=O) groups is 1. The van der Waals surface area contributed by atoms with Gasteiger partial charge in [-0.05, 0) is 45.4 Å². The second-order valence-electron chi connectivity index (χ2n) is 8.98. The Bertz CT molecular complexity index is 876. The summed E-state index contributed by atoms with van der Waals surface area (Å²) in [5.74, 6) is -2.55. The molecule has 1 aromatic rings. The first-order valence-corrected chi connectivity index (χ1v) is 11.5. The van der Waals surface area contributed by atoms with Gasteiger partial charge < -0.3 is 37.9 Å². The van der Waals surface area contributed by atoms with E-state index in [0.29, 0.717) is 6.61 Å². The van der Waals surface area contributed by atoms with Crippen LogP contribution in [0.2, 0.25) is 0 Å². The van der Waals surface area contributed by atoms with Crippen molar-refractivity contribution < 1.29 is 42.7 Å². The van der Waals surface area contributed by atoms with Crippen molar-refractivity contribution in [3.05, 3.63) is 48.0 Å². The van der Waals surface area contributed by atoms with E-state index in [0.717, 1.165) is 5.56 Å². The topological polar surface area (TPSA) is 90.9 Å². The van der Waals surface area contributed by atoms with E-state index in [-0.39, 0.29) is 5.78 Å². The second-order valence-corrected chi connectivity index (χ2v) is 8.98. The van der Waals surface area contributed by atoms with Gasteiger partial charge in [-0.15, -0.1) is 0 Å². The normalized spacial score (nSPS) is 42.4.